The summed E-state index contributed by atoms with van der Waals surface area (Å²) in [5.41, 5.74) is 10.7. The Kier molecular flexibility index (Phi) is 3.52. The Morgan fingerprint density at radius 2 is 2.05 bits per heavy atom. The van der Waals surface area contributed by atoms with Gasteiger partial charge in [-0.05, 0) is 43.2 Å². The highest BCUT2D eigenvalue weighted by molar-refractivity contribution is 5.92. The minimum Gasteiger partial charge on any atom is -0.462 e. The number of hydrogen-bond donors (Lipinski definition) is 1. The Bertz CT molecular complexity index is 682. The van der Waals surface area contributed by atoms with E-state index in [9.17, 15) is 4.79 Å². The lowest BCUT2D eigenvalue weighted by Gasteiger charge is -2.21. The number of nitrogen functional groups attached to an aromatic ring is 1. The van der Waals surface area contributed by atoms with Crippen molar-refractivity contribution in [2.24, 2.45) is 0 Å². The standard InChI is InChI=1S/C17H18N2O2/c1-2-21-17(20)13-7-8-16(14(18)11-13)19-10-9-12-5-3-4-6-15(12)19/h3-8,11H,2,9-10,18H2,1H3. The number of fused-ring (bicyclic) bond motifs is 1. The highest BCUT2D eigenvalue weighted by Gasteiger charge is 2.22. The number of rotatable bonds is 3. The number of esters is 1. The second-order valence-corrected chi connectivity index (χ2v) is 5.02. The maximum Gasteiger partial charge on any atom is 0.338 e. The minimum absolute atomic E-state index is 0.336. The van der Waals surface area contributed by atoms with Crippen molar-refractivity contribution in [3.8, 4) is 0 Å². The van der Waals surface area contributed by atoms with Gasteiger partial charge in [0.25, 0.3) is 0 Å². The van der Waals surface area contributed by atoms with Crippen molar-refractivity contribution in [2.45, 2.75) is 13.3 Å². The van der Waals surface area contributed by atoms with E-state index < -0.39 is 0 Å². The van der Waals surface area contributed by atoms with Gasteiger partial charge in [-0.15, -0.1) is 0 Å². The van der Waals surface area contributed by atoms with E-state index in [2.05, 4.69) is 23.1 Å². The first-order valence-electron chi connectivity index (χ1n) is 7.13. The predicted molar refractivity (Wildman–Crippen MR) is 84.0 cm³/mol. The molecule has 0 amide bonds. The molecule has 2 N–H and O–H groups in total. The van der Waals surface area contributed by atoms with Crippen LogP contribution >= 0.6 is 0 Å². The van der Waals surface area contributed by atoms with Crippen LogP contribution in [0.1, 0.15) is 22.8 Å². The summed E-state index contributed by atoms with van der Waals surface area (Å²) in [5, 5.41) is 0. The fourth-order valence-corrected chi connectivity index (χ4v) is 2.73. The molecule has 3 rings (SSSR count). The fraction of sp³-hybridized carbons (Fsp3) is 0.235. The topological polar surface area (TPSA) is 55.6 Å². The van der Waals surface area contributed by atoms with Gasteiger partial charge >= 0.3 is 5.97 Å². The molecule has 1 heterocycles. The molecule has 21 heavy (non-hydrogen) atoms. The highest BCUT2D eigenvalue weighted by atomic mass is 16.5. The third-order valence-corrected chi connectivity index (χ3v) is 3.72. The van der Waals surface area contributed by atoms with E-state index in [1.165, 1.54) is 11.3 Å². The first-order valence-corrected chi connectivity index (χ1v) is 7.13. The summed E-state index contributed by atoms with van der Waals surface area (Å²) in [4.78, 5) is 13.9. The summed E-state index contributed by atoms with van der Waals surface area (Å²) in [6.45, 7) is 3.05. The molecule has 0 saturated heterocycles. The van der Waals surface area contributed by atoms with Gasteiger partial charge in [-0.25, -0.2) is 4.79 Å². The van der Waals surface area contributed by atoms with E-state index >= 15 is 0 Å². The second-order valence-electron chi connectivity index (χ2n) is 5.02. The molecule has 1 aliphatic heterocycles. The molecular formula is C17H18N2O2. The summed E-state index contributed by atoms with van der Waals surface area (Å²) in [6.07, 6.45) is 1.01. The van der Waals surface area contributed by atoms with Crippen molar-refractivity contribution in [2.75, 3.05) is 23.8 Å². The number of benzene rings is 2. The Balaban J connectivity index is 1.93. The van der Waals surface area contributed by atoms with Crippen LogP contribution in [0.15, 0.2) is 42.5 Å². The molecule has 0 saturated carbocycles. The fourth-order valence-electron chi connectivity index (χ4n) is 2.73. The zero-order valence-corrected chi connectivity index (χ0v) is 12.0. The second kappa shape index (κ2) is 5.48. The van der Waals surface area contributed by atoms with Crippen LogP contribution in [0.4, 0.5) is 17.1 Å². The van der Waals surface area contributed by atoms with E-state index in [4.69, 9.17) is 10.5 Å². The van der Waals surface area contributed by atoms with Crippen LogP contribution in [-0.2, 0) is 11.2 Å². The van der Waals surface area contributed by atoms with Crippen molar-refractivity contribution in [1.29, 1.82) is 0 Å². The molecule has 0 aliphatic carbocycles. The van der Waals surface area contributed by atoms with Gasteiger partial charge in [-0.1, -0.05) is 18.2 Å². The van der Waals surface area contributed by atoms with E-state index in [1.54, 1.807) is 19.1 Å². The molecule has 1 aliphatic rings. The molecule has 0 fully saturated rings. The van der Waals surface area contributed by atoms with Crippen LogP contribution < -0.4 is 10.6 Å². The summed E-state index contributed by atoms with van der Waals surface area (Å²) in [7, 11) is 0. The van der Waals surface area contributed by atoms with E-state index in [0.717, 1.165) is 18.7 Å². The van der Waals surface area contributed by atoms with Crippen LogP contribution in [0.25, 0.3) is 0 Å². The molecule has 0 bridgehead atoms. The van der Waals surface area contributed by atoms with Gasteiger partial charge in [-0.2, -0.15) is 0 Å². The number of carbonyl (C=O) groups is 1. The number of anilines is 3. The monoisotopic (exact) mass is 282 g/mol. The predicted octanol–water partition coefficient (Wildman–Crippen LogP) is 3.14. The van der Waals surface area contributed by atoms with Crippen LogP contribution in [-0.4, -0.2) is 19.1 Å². The lowest BCUT2D eigenvalue weighted by atomic mass is 10.1. The van der Waals surface area contributed by atoms with E-state index in [0.29, 0.717) is 17.9 Å². The van der Waals surface area contributed by atoms with Crippen molar-refractivity contribution in [1.82, 2.24) is 0 Å². The van der Waals surface area contributed by atoms with Crippen molar-refractivity contribution in [3.63, 3.8) is 0 Å². The normalized spacial score (nSPS) is 13.1. The van der Waals surface area contributed by atoms with Crippen molar-refractivity contribution < 1.29 is 9.53 Å². The van der Waals surface area contributed by atoms with Crippen LogP contribution in [0.5, 0.6) is 0 Å². The molecule has 0 aromatic heterocycles. The van der Waals surface area contributed by atoms with Crippen LogP contribution in [0.2, 0.25) is 0 Å². The Morgan fingerprint density at radius 1 is 1.24 bits per heavy atom. The number of nitrogens with zero attached hydrogens (tertiary/aromatic N) is 1. The minimum atomic E-state index is -0.336. The first-order chi connectivity index (χ1) is 10.2. The number of hydrogen-bond acceptors (Lipinski definition) is 4. The average molecular weight is 282 g/mol. The van der Waals surface area contributed by atoms with Gasteiger partial charge in [0.15, 0.2) is 0 Å². The zero-order chi connectivity index (χ0) is 14.8. The van der Waals surface area contributed by atoms with Gasteiger partial charge in [-0.3, -0.25) is 0 Å². The third kappa shape index (κ3) is 2.44. The maximum atomic E-state index is 11.7. The summed E-state index contributed by atoms with van der Waals surface area (Å²) < 4.78 is 5.00. The van der Waals surface area contributed by atoms with Gasteiger partial charge < -0.3 is 15.4 Å². The quantitative estimate of drug-likeness (QED) is 0.694. The Morgan fingerprint density at radius 3 is 2.81 bits per heavy atom. The molecule has 108 valence electrons. The van der Waals surface area contributed by atoms with Gasteiger partial charge in [0.05, 0.1) is 23.5 Å². The lowest BCUT2D eigenvalue weighted by Crippen LogP contribution is -2.15. The number of nitrogens with two attached hydrogens (primary N) is 1. The zero-order valence-electron chi connectivity index (χ0n) is 12.0. The largest absolute Gasteiger partial charge is 0.462 e. The summed E-state index contributed by atoms with van der Waals surface area (Å²) in [5.74, 6) is -0.336. The highest BCUT2D eigenvalue weighted by Crippen LogP contribution is 2.37. The lowest BCUT2D eigenvalue weighted by molar-refractivity contribution is 0.0526. The summed E-state index contributed by atoms with van der Waals surface area (Å²) >= 11 is 0. The van der Waals surface area contributed by atoms with E-state index in [1.807, 2.05) is 12.1 Å². The number of ether oxygens (including phenoxy) is 1. The van der Waals surface area contributed by atoms with Crippen LogP contribution in [0, 0.1) is 0 Å². The molecule has 4 heteroatoms. The smallest absolute Gasteiger partial charge is 0.338 e. The molecule has 0 spiro atoms. The number of para-hydroxylation sites is 1. The van der Waals surface area contributed by atoms with Crippen LogP contribution in [0.3, 0.4) is 0 Å². The Labute approximate surface area is 124 Å². The summed E-state index contributed by atoms with van der Waals surface area (Å²) in [6, 6.07) is 13.7. The van der Waals surface area contributed by atoms with Gasteiger partial charge in [0.2, 0.25) is 0 Å². The van der Waals surface area contributed by atoms with E-state index in [-0.39, 0.29) is 5.97 Å². The molecule has 0 atom stereocenters. The Hall–Kier alpha value is -2.49. The molecule has 2 aromatic carbocycles. The average Bonchev–Trinajstić information content (AvgIpc) is 2.91. The van der Waals surface area contributed by atoms with Gasteiger partial charge in [0.1, 0.15) is 0 Å². The van der Waals surface area contributed by atoms with Crippen molar-refractivity contribution >= 4 is 23.0 Å². The molecule has 0 radical (unpaired) electrons. The molecule has 2 aromatic rings. The SMILES string of the molecule is CCOC(=O)c1ccc(N2CCc3ccccc32)c(N)c1. The number of carbonyl (C=O) groups excluding carboxylic acids is 1. The molecule has 0 unspecified atom stereocenters. The van der Waals surface area contributed by atoms with Gasteiger partial charge in [0, 0.05) is 12.2 Å². The third-order valence-electron chi connectivity index (χ3n) is 3.72. The molecule has 4 nitrogen and oxygen atoms in total. The first kappa shape index (κ1) is 13.5. The van der Waals surface area contributed by atoms with Crippen molar-refractivity contribution in [3.05, 3.63) is 53.6 Å². The maximum absolute atomic E-state index is 11.7. The molecular weight excluding hydrogens is 264 g/mol.